The van der Waals surface area contributed by atoms with Gasteiger partial charge in [-0.25, -0.2) is 4.79 Å². The number of rotatable bonds is 3. The minimum atomic E-state index is -0.390. The Balaban J connectivity index is 2.30. The first-order valence-corrected chi connectivity index (χ1v) is 4.13. The largest absolute Gasteiger partial charge is 0.329 e. The van der Waals surface area contributed by atoms with Gasteiger partial charge in [-0.1, -0.05) is 0 Å². The van der Waals surface area contributed by atoms with Crippen molar-refractivity contribution in [2.24, 2.45) is 0 Å². The fraction of sp³-hybridized carbons (Fsp3) is 0.750. The minimum Gasteiger partial charge on any atom is -0.329 e. The molecule has 1 N–H and O–H groups in total. The smallest absolute Gasteiger partial charge is 0.317 e. The molecule has 12 heavy (non-hydrogen) atoms. The van der Waals surface area contributed by atoms with E-state index in [-0.39, 0.29) is 6.03 Å². The van der Waals surface area contributed by atoms with Gasteiger partial charge < -0.3 is 15.0 Å². The molecule has 0 aromatic rings. The molecule has 0 spiro atoms. The minimum absolute atomic E-state index is 0.155. The summed E-state index contributed by atoms with van der Waals surface area (Å²) in [7, 11) is 1.75. The normalized spacial score (nSPS) is 18.2. The van der Waals surface area contributed by atoms with E-state index in [2.05, 4.69) is 5.32 Å². The van der Waals surface area contributed by atoms with Crippen molar-refractivity contribution < 1.29 is 9.59 Å². The summed E-state index contributed by atoms with van der Waals surface area (Å²) in [6.07, 6.45) is 2.89. The molecule has 0 aliphatic heterocycles. The second-order valence-electron chi connectivity index (χ2n) is 3.22. The molecule has 0 radical (unpaired) electrons. The lowest BCUT2D eigenvalue weighted by molar-refractivity contribution is -0.109. The maximum absolute atomic E-state index is 11.2. The number of urea groups is 1. The molecule has 4 heteroatoms. The van der Waals surface area contributed by atoms with Gasteiger partial charge >= 0.3 is 6.03 Å². The summed E-state index contributed by atoms with van der Waals surface area (Å²) < 4.78 is 0. The fourth-order valence-electron chi connectivity index (χ4n) is 0.958. The summed E-state index contributed by atoms with van der Waals surface area (Å²) in [6, 6.07) is -0.153. The second-order valence-corrected chi connectivity index (χ2v) is 3.22. The molecular weight excluding hydrogens is 156 g/mol. The monoisotopic (exact) mass is 170 g/mol. The lowest BCUT2D eigenvalue weighted by Gasteiger charge is -2.18. The third kappa shape index (κ3) is 2.22. The van der Waals surface area contributed by atoms with Crippen molar-refractivity contribution in [2.45, 2.75) is 31.8 Å². The number of aldehydes is 1. The van der Waals surface area contributed by atoms with Crippen LogP contribution in [0.2, 0.25) is 0 Å². The summed E-state index contributed by atoms with van der Waals surface area (Å²) in [6.45, 7) is 1.66. The molecule has 0 heterocycles. The molecule has 0 saturated heterocycles. The second kappa shape index (κ2) is 3.56. The van der Waals surface area contributed by atoms with Crippen LogP contribution >= 0.6 is 0 Å². The molecule has 68 valence electrons. The van der Waals surface area contributed by atoms with Crippen LogP contribution in [0.3, 0.4) is 0 Å². The van der Waals surface area contributed by atoms with Crippen LogP contribution in [-0.2, 0) is 4.79 Å². The van der Waals surface area contributed by atoms with Crippen LogP contribution in [0.1, 0.15) is 19.8 Å². The van der Waals surface area contributed by atoms with E-state index in [0.717, 1.165) is 19.1 Å². The van der Waals surface area contributed by atoms with Gasteiger partial charge in [0.1, 0.15) is 6.29 Å². The predicted molar refractivity (Wildman–Crippen MR) is 44.8 cm³/mol. The Bertz CT molecular complexity index is 189. The predicted octanol–water partition coefficient (Wildman–Crippen LogP) is 0.378. The van der Waals surface area contributed by atoms with Gasteiger partial charge in [0.25, 0.3) is 0 Å². The Hall–Kier alpha value is -1.06. The average Bonchev–Trinajstić information content (AvgIpc) is 2.85. The van der Waals surface area contributed by atoms with E-state index >= 15 is 0 Å². The number of hydrogen-bond acceptors (Lipinski definition) is 2. The van der Waals surface area contributed by atoms with Crippen molar-refractivity contribution in [1.82, 2.24) is 10.2 Å². The van der Waals surface area contributed by atoms with E-state index in [1.807, 2.05) is 0 Å². The van der Waals surface area contributed by atoms with E-state index in [4.69, 9.17) is 0 Å². The summed E-state index contributed by atoms with van der Waals surface area (Å²) in [5.74, 6) is 0. The molecule has 2 amide bonds. The number of carbonyl (C=O) groups excluding carboxylic acids is 2. The Labute approximate surface area is 71.9 Å². The van der Waals surface area contributed by atoms with E-state index in [0.29, 0.717) is 6.04 Å². The highest BCUT2D eigenvalue weighted by Gasteiger charge is 2.29. The zero-order valence-corrected chi connectivity index (χ0v) is 7.41. The van der Waals surface area contributed by atoms with Crippen molar-refractivity contribution in [1.29, 1.82) is 0 Å². The number of hydrogen-bond donors (Lipinski definition) is 1. The first-order chi connectivity index (χ1) is 5.65. The molecule has 1 aliphatic rings. The van der Waals surface area contributed by atoms with Gasteiger partial charge in [0.05, 0.1) is 6.04 Å². The maximum Gasteiger partial charge on any atom is 0.317 e. The van der Waals surface area contributed by atoms with Crippen molar-refractivity contribution in [3.63, 3.8) is 0 Å². The van der Waals surface area contributed by atoms with E-state index in [1.165, 1.54) is 0 Å². The Morgan fingerprint density at radius 2 is 2.25 bits per heavy atom. The SMILES string of the molecule is CC(C=O)NC(=O)N(C)C1CC1. The molecular formula is C8H14N2O2. The molecule has 1 aliphatic carbocycles. The van der Waals surface area contributed by atoms with E-state index < -0.39 is 6.04 Å². The zero-order chi connectivity index (χ0) is 9.14. The highest BCUT2D eigenvalue weighted by molar-refractivity contribution is 5.78. The molecule has 1 unspecified atom stereocenters. The topological polar surface area (TPSA) is 49.4 Å². The van der Waals surface area contributed by atoms with E-state index in [9.17, 15) is 9.59 Å². The first kappa shape index (κ1) is 9.03. The third-order valence-electron chi connectivity index (χ3n) is 1.97. The third-order valence-corrected chi connectivity index (χ3v) is 1.97. The van der Waals surface area contributed by atoms with Crippen molar-refractivity contribution in [2.75, 3.05) is 7.05 Å². The first-order valence-electron chi connectivity index (χ1n) is 4.13. The van der Waals surface area contributed by atoms with Crippen LogP contribution in [0.25, 0.3) is 0 Å². The molecule has 4 nitrogen and oxygen atoms in total. The molecule has 1 saturated carbocycles. The van der Waals surface area contributed by atoms with Gasteiger partial charge in [-0.3, -0.25) is 0 Å². The fourth-order valence-corrected chi connectivity index (χ4v) is 0.958. The van der Waals surface area contributed by atoms with Crippen molar-refractivity contribution >= 4 is 12.3 Å². The molecule has 1 rings (SSSR count). The van der Waals surface area contributed by atoms with Crippen LogP contribution in [0.4, 0.5) is 4.79 Å². The van der Waals surface area contributed by atoms with Crippen molar-refractivity contribution in [3.05, 3.63) is 0 Å². The Morgan fingerprint density at radius 1 is 1.67 bits per heavy atom. The van der Waals surface area contributed by atoms with Gasteiger partial charge in [0.2, 0.25) is 0 Å². The number of amides is 2. The van der Waals surface area contributed by atoms with E-state index in [1.54, 1.807) is 18.9 Å². The highest BCUT2D eigenvalue weighted by Crippen LogP contribution is 2.25. The molecule has 0 bridgehead atoms. The zero-order valence-electron chi connectivity index (χ0n) is 7.41. The lowest BCUT2D eigenvalue weighted by atomic mass is 10.4. The van der Waals surface area contributed by atoms with Crippen molar-refractivity contribution in [3.8, 4) is 0 Å². The highest BCUT2D eigenvalue weighted by atomic mass is 16.2. The van der Waals surface area contributed by atoms with Gasteiger partial charge in [0, 0.05) is 13.1 Å². The summed E-state index contributed by atoms with van der Waals surface area (Å²) in [5, 5.41) is 2.57. The van der Waals surface area contributed by atoms with Crippen LogP contribution < -0.4 is 5.32 Å². The number of nitrogens with zero attached hydrogens (tertiary/aromatic N) is 1. The lowest BCUT2D eigenvalue weighted by Crippen LogP contribution is -2.43. The summed E-state index contributed by atoms with van der Waals surface area (Å²) >= 11 is 0. The van der Waals surface area contributed by atoms with Gasteiger partial charge in [-0.2, -0.15) is 0 Å². The van der Waals surface area contributed by atoms with Crippen LogP contribution in [0.15, 0.2) is 0 Å². The molecule has 1 atom stereocenters. The quantitative estimate of drug-likeness (QED) is 0.622. The Morgan fingerprint density at radius 3 is 2.67 bits per heavy atom. The van der Waals surface area contributed by atoms with Crippen LogP contribution in [0, 0.1) is 0 Å². The summed E-state index contributed by atoms with van der Waals surface area (Å²) in [5.41, 5.74) is 0. The van der Waals surface area contributed by atoms with Gasteiger partial charge in [0.15, 0.2) is 0 Å². The molecule has 1 fully saturated rings. The van der Waals surface area contributed by atoms with Crippen LogP contribution in [-0.4, -0.2) is 36.3 Å². The summed E-state index contributed by atoms with van der Waals surface area (Å²) in [4.78, 5) is 23.1. The Kier molecular flexibility index (Phi) is 2.68. The van der Waals surface area contributed by atoms with Crippen LogP contribution in [0.5, 0.6) is 0 Å². The van der Waals surface area contributed by atoms with Gasteiger partial charge in [-0.15, -0.1) is 0 Å². The number of carbonyl (C=O) groups is 2. The standard InChI is InChI=1S/C8H14N2O2/c1-6(5-11)9-8(12)10(2)7-3-4-7/h5-7H,3-4H2,1-2H3,(H,9,12). The maximum atomic E-state index is 11.2. The number of nitrogens with one attached hydrogen (secondary N) is 1. The molecule has 0 aromatic carbocycles. The van der Waals surface area contributed by atoms with Gasteiger partial charge in [-0.05, 0) is 19.8 Å². The average molecular weight is 170 g/mol. The molecule has 0 aromatic heterocycles.